The Morgan fingerprint density at radius 2 is 2.04 bits per heavy atom. The third-order valence-electron chi connectivity index (χ3n) is 4.87. The van der Waals surface area contributed by atoms with Gasteiger partial charge in [-0.25, -0.2) is 0 Å². The highest BCUT2D eigenvalue weighted by Crippen LogP contribution is 2.31. The standard InChI is InChI=1S/C22H29N3O2/c1-15(2)27-19-9-6-8-17(13-19)22(26)24-18-10-11-21(20(23)14-18)25-12-5-4-7-16(25)3/h6,8-11,13-16H,4-5,7,12,23H2,1-3H3,(H,24,26)/t16-/m0/s1. The molecule has 5 heteroatoms. The maximum atomic E-state index is 12.6. The van der Waals surface area contributed by atoms with Crippen molar-refractivity contribution in [3.05, 3.63) is 48.0 Å². The summed E-state index contributed by atoms with van der Waals surface area (Å²) >= 11 is 0. The summed E-state index contributed by atoms with van der Waals surface area (Å²) in [6.07, 6.45) is 3.71. The summed E-state index contributed by atoms with van der Waals surface area (Å²) < 4.78 is 5.66. The first-order valence-corrected chi connectivity index (χ1v) is 9.68. The van der Waals surface area contributed by atoms with Crippen molar-refractivity contribution in [2.24, 2.45) is 0 Å². The fourth-order valence-electron chi connectivity index (χ4n) is 3.54. The third-order valence-corrected chi connectivity index (χ3v) is 4.87. The van der Waals surface area contributed by atoms with Crippen LogP contribution < -0.4 is 20.7 Å². The van der Waals surface area contributed by atoms with Gasteiger partial charge in [-0.15, -0.1) is 0 Å². The lowest BCUT2D eigenvalue weighted by Crippen LogP contribution is -2.37. The highest BCUT2D eigenvalue weighted by atomic mass is 16.5. The molecule has 5 nitrogen and oxygen atoms in total. The minimum Gasteiger partial charge on any atom is -0.491 e. The number of nitrogens with two attached hydrogens (primary N) is 1. The van der Waals surface area contributed by atoms with E-state index in [0.29, 0.717) is 28.7 Å². The van der Waals surface area contributed by atoms with Gasteiger partial charge in [0.05, 0.1) is 17.5 Å². The van der Waals surface area contributed by atoms with Crippen LogP contribution in [0.5, 0.6) is 5.75 Å². The lowest BCUT2D eigenvalue weighted by Gasteiger charge is -2.36. The molecular formula is C22H29N3O2. The second kappa shape index (κ2) is 8.33. The molecule has 1 heterocycles. The van der Waals surface area contributed by atoms with Crippen LogP contribution in [-0.4, -0.2) is 24.6 Å². The van der Waals surface area contributed by atoms with Crippen LogP contribution >= 0.6 is 0 Å². The van der Waals surface area contributed by atoms with Crippen molar-refractivity contribution in [2.45, 2.75) is 52.2 Å². The number of hydrogen-bond donors (Lipinski definition) is 2. The van der Waals surface area contributed by atoms with Gasteiger partial charge >= 0.3 is 0 Å². The van der Waals surface area contributed by atoms with E-state index < -0.39 is 0 Å². The quantitative estimate of drug-likeness (QED) is 0.753. The van der Waals surface area contributed by atoms with E-state index in [2.05, 4.69) is 17.1 Å². The first-order valence-electron chi connectivity index (χ1n) is 9.68. The third kappa shape index (κ3) is 4.73. The molecule has 0 aromatic heterocycles. The molecule has 0 spiro atoms. The normalized spacial score (nSPS) is 17.0. The van der Waals surface area contributed by atoms with Gasteiger partial charge in [0.15, 0.2) is 0 Å². The van der Waals surface area contributed by atoms with Crippen LogP contribution in [0.15, 0.2) is 42.5 Å². The van der Waals surface area contributed by atoms with Crippen LogP contribution in [0.25, 0.3) is 0 Å². The number of nitrogen functional groups attached to an aromatic ring is 1. The zero-order valence-electron chi connectivity index (χ0n) is 16.4. The number of anilines is 3. The molecule has 2 aromatic carbocycles. The molecule has 144 valence electrons. The van der Waals surface area contributed by atoms with Gasteiger partial charge in [-0.2, -0.15) is 0 Å². The average molecular weight is 367 g/mol. The Balaban J connectivity index is 1.72. The number of ether oxygens (including phenoxy) is 1. The van der Waals surface area contributed by atoms with Gasteiger partial charge in [-0.05, 0) is 76.4 Å². The van der Waals surface area contributed by atoms with Gasteiger partial charge in [-0.3, -0.25) is 4.79 Å². The summed E-state index contributed by atoms with van der Waals surface area (Å²) in [5.41, 5.74) is 9.29. The molecule has 3 rings (SSSR count). The predicted octanol–water partition coefficient (Wildman–Crippen LogP) is 4.69. The first-order chi connectivity index (χ1) is 12.9. The SMILES string of the molecule is CC(C)Oc1cccc(C(=O)Nc2ccc(N3CCCC[C@@H]3C)c(N)c2)c1. The van der Waals surface area contributed by atoms with Gasteiger partial charge < -0.3 is 20.7 Å². The van der Waals surface area contributed by atoms with Gasteiger partial charge in [-0.1, -0.05) is 6.07 Å². The Morgan fingerprint density at radius 1 is 1.22 bits per heavy atom. The van der Waals surface area contributed by atoms with Crippen LogP contribution in [0.1, 0.15) is 50.4 Å². The van der Waals surface area contributed by atoms with Gasteiger partial charge in [0, 0.05) is 23.8 Å². The summed E-state index contributed by atoms with van der Waals surface area (Å²) in [4.78, 5) is 14.9. The van der Waals surface area contributed by atoms with Crippen LogP contribution in [0.3, 0.4) is 0 Å². The number of carbonyl (C=O) groups is 1. The van der Waals surface area contributed by atoms with Crippen LogP contribution in [-0.2, 0) is 0 Å². The topological polar surface area (TPSA) is 67.6 Å². The number of rotatable bonds is 5. The van der Waals surface area contributed by atoms with E-state index in [4.69, 9.17) is 10.5 Å². The van der Waals surface area contributed by atoms with Crippen molar-refractivity contribution < 1.29 is 9.53 Å². The Kier molecular flexibility index (Phi) is 5.89. The molecule has 0 bridgehead atoms. The van der Waals surface area contributed by atoms with Crippen molar-refractivity contribution in [3.63, 3.8) is 0 Å². The Hall–Kier alpha value is -2.69. The molecule has 0 unspecified atom stereocenters. The summed E-state index contributed by atoms with van der Waals surface area (Å²) in [5, 5.41) is 2.93. The van der Waals surface area contributed by atoms with E-state index in [1.807, 2.05) is 44.2 Å². The molecule has 1 amide bonds. The highest BCUT2D eigenvalue weighted by molar-refractivity contribution is 6.04. The second-order valence-corrected chi connectivity index (χ2v) is 7.46. The summed E-state index contributed by atoms with van der Waals surface area (Å²) in [6.45, 7) is 7.18. The number of piperidine rings is 1. The van der Waals surface area contributed by atoms with Crippen molar-refractivity contribution in [3.8, 4) is 5.75 Å². The largest absolute Gasteiger partial charge is 0.491 e. The van der Waals surface area contributed by atoms with Gasteiger partial charge in [0.25, 0.3) is 5.91 Å². The van der Waals surface area contributed by atoms with E-state index in [0.717, 1.165) is 12.2 Å². The number of amides is 1. The molecule has 1 fully saturated rings. The molecule has 2 aromatic rings. The van der Waals surface area contributed by atoms with Gasteiger partial charge in [0.2, 0.25) is 0 Å². The Bertz CT molecular complexity index is 804. The van der Waals surface area contributed by atoms with E-state index in [-0.39, 0.29) is 12.0 Å². The molecule has 1 aliphatic rings. The molecule has 0 radical (unpaired) electrons. The molecule has 1 aliphatic heterocycles. The van der Waals surface area contributed by atoms with E-state index in [1.54, 1.807) is 12.1 Å². The molecule has 27 heavy (non-hydrogen) atoms. The minimum absolute atomic E-state index is 0.0628. The molecule has 0 saturated carbocycles. The molecule has 3 N–H and O–H groups in total. The number of benzene rings is 2. The van der Waals surface area contributed by atoms with E-state index >= 15 is 0 Å². The van der Waals surface area contributed by atoms with Gasteiger partial charge in [0.1, 0.15) is 5.75 Å². The lowest BCUT2D eigenvalue weighted by atomic mass is 10.0. The van der Waals surface area contributed by atoms with Crippen molar-refractivity contribution in [1.29, 1.82) is 0 Å². The molecule has 0 aliphatic carbocycles. The smallest absolute Gasteiger partial charge is 0.255 e. The number of nitrogens with zero attached hydrogens (tertiary/aromatic N) is 1. The zero-order chi connectivity index (χ0) is 19.4. The average Bonchev–Trinajstić information content (AvgIpc) is 2.62. The van der Waals surface area contributed by atoms with E-state index in [9.17, 15) is 4.79 Å². The molecule has 1 atom stereocenters. The monoisotopic (exact) mass is 367 g/mol. The van der Waals surface area contributed by atoms with Crippen molar-refractivity contribution in [2.75, 3.05) is 22.5 Å². The molecular weight excluding hydrogens is 338 g/mol. The van der Waals surface area contributed by atoms with Crippen molar-refractivity contribution >= 4 is 23.0 Å². The Labute approximate surface area is 161 Å². The predicted molar refractivity (Wildman–Crippen MR) is 112 cm³/mol. The van der Waals surface area contributed by atoms with Crippen LogP contribution in [0, 0.1) is 0 Å². The lowest BCUT2D eigenvalue weighted by molar-refractivity contribution is 0.102. The fourth-order valence-corrected chi connectivity index (χ4v) is 3.54. The summed E-state index contributed by atoms with van der Waals surface area (Å²) in [6, 6.07) is 13.4. The second-order valence-electron chi connectivity index (χ2n) is 7.46. The summed E-state index contributed by atoms with van der Waals surface area (Å²) in [5.74, 6) is 0.509. The zero-order valence-corrected chi connectivity index (χ0v) is 16.4. The number of carbonyl (C=O) groups excluding carboxylic acids is 1. The number of nitrogens with one attached hydrogen (secondary N) is 1. The highest BCUT2D eigenvalue weighted by Gasteiger charge is 2.20. The van der Waals surface area contributed by atoms with Crippen LogP contribution in [0.4, 0.5) is 17.1 Å². The Morgan fingerprint density at radius 3 is 2.74 bits per heavy atom. The van der Waals surface area contributed by atoms with Crippen LogP contribution in [0.2, 0.25) is 0 Å². The fraction of sp³-hybridized carbons (Fsp3) is 0.409. The first kappa shape index (κ1) is 19.1. The van der Waals surface area contributed by atoms with Crippen molar-refractivity contribution in [1.82, 2.24) is 0 Å². The minimum atomic E-state index is -0.178. The maximum absolute atomic E-state index is 12.6. The summed E-state index contributed by atoms with van der Waals surface area (Å²) in [7, 11) is 0. The van der Waals surface area contributed by atoms with E-state index in [1.165, 1.54) is 19.3 Å². The maximum Gasteiger partial charge on any atom is 0.255 e. The molecule has 1 saturated heterocycles. The number of hydrogen-bond acceptors (Lipinski definition) is 4.